The number of nitrogens with zero attached hydrogens (tertiary/aromatic N) is 1. The third kappa shape index (κ3) is 9.80. The first-order valence-electron chi connectivity index (χ1n) is 17.8. The van der Waals surface area contributed by atoms with Crippen molar-refractivity contribution in [3.8, 4) is 22.4 Å². The van der Waals surface area contributed by atoms with Crippen molar-refractivity contribution in [3.05, 3.63) is 102 Å². The number of fused-ring (bicyclic) bond motifs is 2. The molecule has 1 radical (unpaired) electrons. The largest absolute Gasteiger partial charge is 0.512 e. The molecule has 5 heteroatoms. The molecule has 2 heterocycles. The Balaban J connectivity index is 0.000000347. The number of rotatable bonds is 11. The second-order valence-corrected chi connectivity index (χ2v) is 14.4. The Kier molecular flexibility index (Phi) is 14.6. The van der Waals surface area contributed by atoms with Crippen LogP contribution >= 0.6 is 0 Å². The zero-order valence-electron chi connectivity index (χ0n) is 30.8. The van der Waals surface area contributed by atoms with Crippen molar-refractivity contribution in [1.82, 2.24) is 4.98 Å². The number of pyridine rings is 1. The summed E-state index contributed by atoms with van der Waals surface area (Å²) in [6.07, 6.45) is 9.73. The van der Waals surface area contributed by atoms with Crippen LogP contribution in [0.1, 0.15) is 99.1 Å². The second-order valence-electron chi connectivity index (χ2n) is 14.4. The number of aromatic nitrogens is 1. The van der Waals surface area contributed by atoms with E-state index in [2.05, 4.69) is 101 Å². The molecule has 263 valence electrons. The van der Waals surface area contributed by atoms with Gasteiger partial charge in [0.25, 0.3) is 0 Å². The maximum Gasteiger partial charge on any atom is 0.162 e. The molecule has 49 heavy (non-hydrogen) atoms. The van der Waals surface area contributed by atoms with Gasteiger partial charge in [0, 0.05) is 60.9 Å². The van der Waals surface area contributed by atoms with Crippen LogP contribution in [0, 0.1) is 23.8 Å². The molecule has 0 bridgehead atoms. The molecule has 0 aliphatic rings. The van der Waals surface area contributed by atoms with E-state index in [1.165, 1.54) is 28.0 Å². The van der Waals surface area contributed by atoms with E-state index < -0.39 is 0 Å². The fraction of sp³-hybridized carbons (Fsp3) is 0.409. The quantitative estimate of drug-likeness (QED) is 0.0818. The van der Waals surface area contributed by atoms with Crippen LogP contribution in [0.25, 0.3) is 44.1 Å². The number of carbonyl (C=O) groups excluding carboxylic acids is 1. The van der Waals surface area contributed by atoms with Gasteiger partial charge in [-0.05, 0) is 60.6 Å². The van der Waals surface area contributed by atoms with Gasteiger partial charge in [-0.1, -0.05) is 116 Å². The minimum Gasteiger partial charge on any atom is -0.512 e. The Morgan fingerprint density at radius 3 is 2.18 bits per heavy atom. The SMILES string of the molecule is CC(C)Cc1coc2c(-c3ccnc(-c4[c-]c5ccccc5c(C(C)(C)C)c4)c3)cccc12.CCC(CC)C(=O)/C=C(\O)C(CC)CC.[Ir]. The Morgan fingerprint density at radius 1 is 0.898 bits per heavy atom. The molecule has 0 spiro atoms. The average Bonchev–Trinajstić information content (AvgIpc) is 3.47. The Morgan fingerprint density at radius 2 is 1.55 bits per heavy atom. The van der Waals surface area contributed by atoms with E-state index in [9.17, 15) is 9.90 Å². The molecule has 3 aromatic carbocycles. The predicted octanol–water partition coefficient (Wildman–Crippen LogP) is 12.5. The van der Waals surface area contributed by atoms with Crippen LogP contribution in [0.5, 0.6) is 0 Å². The van der Waals surface area contributed by atoms with Crippen molar-refractivity contribution in [2.75, 3.05) is 0 Å². The van der Waals surface area contributed by atoms with Crippen LogP contribution in [0.4, 0.5) is 0 Å². The molecule has 5 rings (SSSR count). The summed E-state index contributed by atoms with van der Waals surface area (Å²) in [6, 6.07) is 25.0. The van der Waals surface area contributed by atoms with Crippen molar-refractivity contribution in [2.24, 2.45) is 17.8 Å². The monoisotopic (exact) mass is 837 g/mol. The smallest absolute Gasteiger partial charge is 0.162 e. The number of hydrogen-bond acceptors (Lipinski definition) is 4. The summed E-state index contributed by atoms with van der Waals surface area (Å²) in [6.45, 7) is 19.3. The number of para-hydroxylation sites is 1. The Bertz CT molecular complexity index is 1850. The summed E-state index contributed by atoms with van der Waals surface area (Å²) < 4.78 is 6.07. The van der Waals surface area contributed by atoms with E-state index in [4.69, 9.17) is 9.40 Å². The van der Waals surface area contributed by atoms with Gasteiger partial charge in [-0.25, -0.2) is 0 Å². The molecular formula is C44H54IrNO3-. The fourth-order valence-electron chi connectivity index (χ4n) is 6.45. The third-order valence-electron chi connectivity index (χ3n) is 9.32. The van der Waals surface area contributed by atoms with Crippen molar-refractivity contribution >= 4 is 27.5 Å². The summed E-state index contributed by atoms with van der Waals surface area (Å²) >= 11 is 0. The minimum atomic E-state index is 0. The van der Waals surface area contributed by atoms with E-state index in [1.807, 2.05) is 40.2 Å². The molecule has 0 aliphatic heterocycles. The third-order valence-corrected chi connectivity index (χ3v) is 9.32. The van der Waals surface area contributed by atoms with Gasteiger partial charge in [0.15, 0.2) is 5.78 Å². The van der Waals surface area contributed by atoms with Gasteiger partial charge in [-0.15, -0.1) is 29.1 Å². The van der Waals surface area contributed by atoms with Crippen LogP contribution in [-0.4, -0.2) is 15.9 Å². The zero-order chi connectivity index (χ0) is 35.0. The molecule has 1 N–H and O–H groups in total. The van der Waals surface area contributed by atoms with Gasteiger partial charge in [0.05, 0.1) is 12.0 Å². The number of furan rings is 1. The maximum absolute atomic E-state index is 11.7. The summed E-state index contributed by atoms with van der Waals surface area (Å²) in [7, 11) is 0. The van der Waals surface area contributed by atoms with E-state index >= 15 is 0 Å². The summed E-state index contributed by atoms with van der Waals surface area (Å²) in [5.41, 5.74) is 7.70. The van der Waals surface area contributed by atoms with Gasteiger partial charge >= 0.3 is 0 Å². The van der Waals surface area contributed by atoms with Gasteiger partial charge in [-0.3, -0.25) is 9.78 Å². The predicted molar refractivity (Wildman–Crippen MR) is 202 cm³/mol. The molecule has 2 aromatic heterocycles. The van der Waals surface area contributed by atoms with Crippen molar-refractivity contribution in [2.45, 2.75) is 99.8 Å². The molecule has 4 nitrogen and oxygen atoms in total. The van der Waals surface area contributed by atoms with Crippen LogP contribution in [0.2, 0.25) is 0 Å². The zero-order valence-corrected chi connectivity index (χ0v) is 33.2. The van der Waals surface area contributed by atoms with Crippen LogP contribution in [0.15, 0.2) is 89.4 Å². The first-order chi connectivity index (χ1) is 22.9. The number of ketones is 1. The van der Waals surface area contributed by atoms with E-state index in [0.29, 0.717) is 5.92 Å². The second kappa shape index (κ2) is 17.9. The maximum atomic E-state index is 11.7. The molecule has 0 fully saturated rings. The number of benzene rings is 3. The molecule has 0 saturated carbocycles. The van der Waals surface area contributed by atoms with E-state index in [0.717, 1.165) is 65.5 Å². The molecule has 0 unspecified atom stereocenters. The van der Waals surface area contributed by atoms with E-state index in [1.54, 1.807) is 0 Å². The van der Waals surface area contributed by atoms with Crippen molar-refractivity contribution in [3.63, 3.8) is 0 Å². The Hall–Kier alpha value is -3.53. The molecular weight excluding hydrogens is 783 g/mol. The minimum absolute atomic E-state index is 0. The van der Waals surface area contributed by atoms with E-state index in [-0.39, 0.29) is 48.9 Å². The number of hydrogen-bond donors (Lipinski definition) is 1. The topological polar surface area (TPSA) is 63.3 Å². The number of aliphatic hydroxyl groups excluding tert-OH is 1. The number of aliphatic hydroxyl groups is 1. The van der Waals surface area contributed by atoms with Gasteiger partial charge in [0.2, 0.25) is 0 Å². The number of allylic oxidation sites excluding steroid dienone is 2. The Labute approximate surface area is 307 Å². The van der Waals surface area contributed by atoms with Gasteiger partial charge < -0.3 is 9.52 Å². The van der Waals surface area contributed by atoms with Crippen LogP contribution < -0.4 is 0 Å². The van der Waals surface area contributed by atoms with Crippen molar-refractivity contribution < 1.29 is 34.4 Å². The normalized spacial score (nSPS) is 12.0. The molecule has 0 saturated heterocycles. The number of carbonyl (C=O) groups is 1. The molecule has 0 atom stereocenters. The standard InChI is InChI=1S/C31H30NO.C13H24O2.Ir/c1-20(2)15-24-19-33-30-26(11-8-12-27(24)30)22-13-14-32-29(18-22)23-16-21-9-6-7-10-25(21)28(17-23)31(3,4)5;1-5-10(6-2)12(14)9-13(15)11(7-3)8-4;/h6-14,17-20H,15H2,1-5H3;9-11,14H,5-8H2,1-4H3;/q-1;;/b;12-9-;. The van der Waals surface area contributed by atoms with Gasteiger partial charge in [0.1, 0.15) is 5.58 Å². The molecule has 0 aliphatic carbocycles. The summed E-state index contributed by atoms with van der Waals surface area (Å²) in [5.74, 6) is 1.13. The molecule has 0 amide bonds. The first-order valence-corrected chi connectivity index (χ1v) is 17.8. The summed E-state index contributed by atoms with van der Waals surface area (Å²) in [4.78, 5) is 16.4. The van der Waals surface area contributed by atoms with Crippen molar-refractivity contribution in [1.29, 1.82) is 0 Å². The van der Waals surface area contributed by atoms with Crippen LogP contribution in [0.3, 0.4) is 0 Å². The molecule has 5 aromatic rings. The first kappa shape index (κ1) is 39.9. The average molecular weight is 837 g/mol. The van der Waals surface area contributed by atoms with Gasteiger partial charge in [-0.2, -0.15) is 0 Å². The summed E-state index contributed by atoms with van der Waals surface area (Å²) in [5, 5.41) is 13.3. The fourth-order valence-corrected chi connectivity index (χ4v) is 6.45. The van der Waals surface area contributed by atoms with Crippen LogP contribution in [-0.2, 0) is 36.7 Å².